The van der Waals surface area contributed by atoms with E-state index in [1.807, 2.05) is 0 Å². The van der Waals surface area contributed by atoms with Gasteiger partial charge < -0.3 is 18.3 Å². The van der Waals surface area contributed by atoms with Crippen molar-refractivity contribution >= 4 is 41.7 Å². The van der Waals surface area contributed by atoms with Crippen molar-refractivity contribution in [3.63, 3.8) is 0 Å². The summed E-state index contributed by atoms with van der Waals surface area (Å²) in [5, 5.41) is 0.690. The van der Waals surface area contributed by atoms with Crippen LogP contribution in [0, 0.1) is 0 Å². The Morgan fingerprint density at radius 2 is 1.47 bits per heavy atom. The SMILES string of the molecule is COc1cc(Cl)c(Cl)cc1OP(=S)(OC)OC. The van der Waals surface area contributed by atoms with Gasteiger partial charge in [-0.05, 0) is 0 Å². The molecule has 0 aliphatic heterocycles. The molecule has 96 valence electrons. The molecule has 0 saturated carbocycles. The molecule has 8 heteroatoms. The third-order valence-corrected chi connectivity index (χ3v) is 5.02. The summed E-state index contributed by atoms with van der Waals surface area (Å²) >= 11 is 16.8. The first-order valence-electron chi connectivity index (χ1n) is 4.40. The molecule has 4 nitrogen and oxygen atoms in total. The molecular weight excluding hydrogens is 306 g/mol. The van der Waals surface area contributed by atoms with Gasteiger partial charge in [-0.25, -0.2) is 0 Å². The van der Waals surface area contributed by atoms with Crippen molar-refractivity contribution < 1.29 is 18.3 Å². The smallest absolute Gasteiger partial charge is 0.380 e. The maximum absolute atomic E-state index is 5.89. The molecule has 0 N–H and O–H groups in total. The van der Waals surface area contributed by atoms with Crippen molar-refractivity contribution in [2.75, 3.05) is 21.3 Å². The van der Waals surface area contributed by atoms with Gasteiger partial charge in [-0.3, -0.25) is 0 Å². The minimum Gasteiger partial charge on any atom is -0.493 e. The summed E-state index contributed by atoms with van der Waals surface area (Å²) in [5.41, 5.74) is 0. The molecule has 1 rings (SSSR count). The van der Waals surface area contributed by atoms with Gasteiger partial charge in [-0.1, -0.05) is 23.2 Å². The molecule has 0 unspecified atom stereocenters. The second kappa shape index (κ2) is 6.23. The molecule has 1 aromatic rings. The zero-order valence-corrected chi connectivity index (χ0v) is 12.6. The fraction of sp³-hybridized carbons (Fsp3) is 0.333. The van der Waals surface area contributed by atoms with Crippen LogP contribution in [0.3, 0.4) is 0 Å². The van der Waals surface area contributed by atoms with E-state index in [0.717, 1.165) is 0 Å². The van der Waals surface area contributed by atoms with Gasteiger partial charge in [0, 0.05) is 38.2 Å². The number of ether oxygens (including phenoxy) is 1. The van der Waals surface area contributed by atoms with Gasteiger partial charge in [0.25, 0.3) is 0 Å². The Balaban J connectivity index is 3.13. The molecule has 0 fully saturated rings. The van der Waals surface area contributed by atoms with E-state index in [9.17, 15) is 0 Å². The van der Waals surface area contributed by atoms with Crippen LogP contribution in [0.5, 0.6) is 11.5 Å². The maximum Gasteiger partial charge on any atom is 0.380 e. The molecule has 0 aromatic heterocycles. The molecule has 0 amide bonds. The third kappa shape index (κ3) is 3.71. The minimum atomic E-state index is -2.83. The molecule has 0 spiro atoms. The quantitative estimate of drug-likeness (QED) is 0.770. The normalized spacial score (nSPS) is 11.4. The molecule has 0 aliphatic rings. The maximum atomic E-state index is 5.89. The van der Waals surface area contributed by atoms with Crippen LogP contribution in [0.2, 0.25) is 10.0 Å². The van der Waals surface area contributed by atoms with Crippen LogP contribution < -0.4 is 9.26 Å². The molecule has 0 atom stereocenters. The van der Waals surface area contributed by atoms with Crippen LogP contribution in [0.1, 0.15) is 0 Å². The lowest BCUT2D eigenvalue weighted by atomic mass is 10.3. The van der Waals surface area contributed by atoms with E-state index in [4.69, 9.17) is 53.3 Å². The van der Waals surface area contributed by atoms with Gasteiger partial charge in [-0.2, -0.15) is 0 Å². The van der Waals surface area contributed by atoms with Crippen molar-refractivity contribution in [1.82, 2.24) is 0 Å². The highest BCUT2D eigenvalue weighted by Crippen LogP contribution is 2.51. The lowest BCUT2D eigenvalue weighted by Gasteiger charge is -2.20. The Morgan fingerprint density at radius 1 is 1.00 bits per heavy atom. The standard InChI is InChI=1S/C9H11Cl2O4PS/c1-12-8-4-6(10)7(11)5-9(8)15-16(17,13-2)14-3/h4-5H,1-3H3. The largest absolute Gasteiger partial charge is 0.493 e. The van der Waals surface area contributed by atoms with E-state index in [1.165, 1.54) is 33.5 Å². The molecular formula is C9H11Cl2O4PS. The van der Waals surface area contributed by atoms with Gasteiger partial charge in [-0.15, -0.1) is 0 Å². The van der Waals surface area contributed by atoms with Gasteiger partial charge in [0.1, 0.15) is 0 Å². The predicted molar refractivity (Wildman–Crippen MR) is 71.9 cm³/mol. The Morgan fingerprint density at radius 3 is 1.88 bits per heavy atom. The lowest BCUT2D eigenvalue weighted by Crippen LogP contribution is -1.99. The van der Waals surface area contributed by atoms with Gasteiger partial charge in [0.2, 0.25) is 0 Å². The molecule has 0 aliphatic carbocycles. The minimum absolute atomic E-state index is 0.328. The summed E-state index contributed by atoms with van der Waals surface area (Å²) in [5.74, 6) is 0.733. The Bertz CT molecular complexity index is 447. The van der Waals surface area contributed by atoms with E-state index in [0.29, 0.717) is 21.5 Å². The monoisotopic (exact) mass is 316 g/mol. The molecule has 0 heterocycles. The second-order valence-corrected chi connectivity index (χ2v) is 6.78. The number of benzene rings is 1. The Labute approximate surface area is 115 Å². The van der Waals surface area contributed by atoms with Gasteiger partial charge >= 0.3 is 6.72 Å². The highest BCUT2D eigenvalue weighted by atomic mass is 35.5. The van der Waals surface area contributed by atoms with Gasteiger partial charge in [0.05, 0.1) is 17.2 Å². The molecule has 17 heavy (non-hydrogen) atoms. The fourth-order valence-corrected chi connectivity index (χ4v) is 2.24. The summed E-state index contributed by atoms with van der Waals surface area (Å²) in [6.45, 7) is -2.83. The average Bonchev–Trinajstić information content (AvgIpc) is 2.33. The van der Waals surface area contributed by atoms with E-state index < -0.39 is 6.72 Å². The first-order valence-corrected chi connectivity index (χ1v) is 7.71. The molecule has 0 radical (unpaired) electrons. The van der Waals surface area contributed by atoms with E-state index in [2.05, 4.69) is 0 Å². The Kier molecular flexibility index (Phi) is 5.51. The van der Waals surface area contributed by atoms with E-state index in [1.54, 1.807) is 0 Å². The van der Waals surface area contributed by atoms with Crippen LogP contribution in [0.4, 0.5) is 0 Å². The Hall–Kier alpha value is -0.0300. The highest BCUT2D eigenvalue weighted by molar-refractivity contribution is 8.07. The average molecular weight is 317 g/mol. The molecule has 1 aromatic carbocycles. The number of rotatable bonds is 5. The van der Waals surface area contributed by atoms with Crippen LogP contribution in [0.15, 0.2) is 12.1 Å². The molecule has 0 bridgehead atoms. The fourth-order valence-electron chi connectivity index (χ4n) is 1.01. The predicted octanol–water partition coefficient (Wildman–Crippen LogP) is 3.90. The first kappa shape index (κ1) is 15.0. The summed E-state index contributed by atoms with van der Waals surface area (Å²) in [6.07, 6.45) is 0. The zero-order valence-electron chi connectivity index (χ0n) is 9.40. The zero-order chi connectivity index (χ0) is 13.1. The van der Waals surface area contributed by atoms with Crippen molar-refractivity contribution in [3.05, 3.63) is 22.2 Å². The summed E-state index contributed by atoms with van der Waals surface area (Å²) in [4.78, 5) is 0. The van der Waals surface area contributed by atoms with Crippen LogP contribution in [-0.4, -0.2) is 21.3 Å². The second-order valence-electron chi connectivity index (χ2n) is 2.82. The van der Waals surface area contributed by atoms with Crippen LogP contribution >= 0.6 is 29.9 Å². The number of halogens is 2. The van der Waals surface area contributed by atoms with Crippen molar-refractivity contribution in [2.45, 2.75) is 0 Å². The van der Waals surface area contributed by atoms with E-state index in [-0.39, 0.29) is 0 Å². The van der Waals surface area contributed by atoms with E-state index >= 15 is 0 Å². The van der Waals surface area contributed by atoms with Crippen molar-refractivity contribution in [3.8, 4) is 11.5 Å². The topological polar surface area (TPSA) is 36.9 Å². The number of hydrogen-bond acceptors (Lipinski definition) is 5. The third-order valence-electron chi connectivity index (χ3n) is 1.86. The highest BCUT2D eigenvalue weighted by Gasteiger charge is 2.21. The van der Waals surface area contributed by atoms with Crippen LogP contribution in [0.25, 0.3) is 0 Å². The van der Waals surface area contributed by atoms with Crippen molar-refractivity contribution in [2.24, 2.45) is 0 Å². The van der Waals surface area contributed by atoms with Crippen molar-refractivity contribution in [1.29, 1.82) is 0 Å². The van der Waals surface area contributed by atoms with Crippen LogP contribution in [-0.2, 0) is 20.9 Å². The summed E-state index contributed by atoms with van der Waals surface area (Å²) in [7, 11) is 4.30. The summed E-state index contributed by atoms with van der Waals surface area (Å²) < 4.78 is 20.6. The van der Waals surface area contributed by atoms with Gasteiger partial charge in [0.15, 0.2) is 11.5 Å². The molecule has 0 saturated heterocycles. The number of methoxy groups -OCH3 is 1. The summed E-state index contributed by atoms with van der Waals surface area (Å²) in [6, 6.07) is 3.03. The lowest BCUT2D eigenvalue weighted by molar-refractivity contribution is 0.268. The number of hydrogen-bond donors (Lipinski definition) is 0. The first-order chi connectivity index (χ1) is 7.95.